The second kappa shape index (κ2) is 11.5. The highest BCUT2D eigenvalue weighted by Crippen LogP contribution is 2.09. The number of rotatable bonds is 11. The number of hydrogen-bond acceptors (Lipinski definition) is 5. The lowest BCUT2D eigenvalue weighted by molar-refractivity contribution is -0.144. The first kappa shape index (κ1) is 19.0. The number of carbonyl (C=O) groups excluding carboxylic acids is 2. The van der Waals surface area contributed by atoms with Crippen molar-refractivity contribution < 1.29 is 24.2 Å². The van der Waals surface area contributed by atoms with Gasteiger partial charge >= 0.3 is 5.97 Å². The van der Waals surface area contributed by atoms with Gasteiger partial charge in [0.2, 0.25) is 5.91 Å². The molecular weight excluding hydrogens is 298 g/mol. The summed E-state index contributed by atoms with van der Waals surface area (Å²) in [5, 5.41) is 8.93. The Morgan fingerprint density at radius 3 is 2.52 bits per heavy atom. The fourth-order valence-corrected chi connectivity index (χ4v) is 2.01. The van der Waals surface area contributed by atoms with Crippen molar-refractivity contribution in [3.63, 3.8) is 0 Å². The number of esters is 1. The topological polar surface area (TPSA) is 76.1 Å². The summed E-state index contributed by atoms with van der Waals surface area (Å²) in [5.41, 5.74) is 0. The summed E-state index contributed by atoms with van der Waals surface area (Å²) < 4.78 is 10.4. The van der Waals surface area contributed by atoms with Gasteiger partial charge in [0.25, 0.3) is 0 Å². The van der Waals surface area contributed by atoms with Gasteiger partial charge in [0.05, 0.1) is 26.1 Å². The lowest BCUT2D eigenvalue weighted by atomic mass is 10.3. The van der Waals surface area contributed by atoms with Gasteiger partial charge in [-0.25, -0.2) is 0 Å². The van der Waals surface area contributed by atoms with Crippen LogP contribution in [0, 0.1) is 0 Å². The number of hydrogen-bond donors (Lipinski definition) is 1. The molecule has 1 aromatic carbocycles. The molecule has 0 aliphatic rings. The van der Waals surface area contributed by atoms with E-state index in [0.29, 0.717) is 31.9 Å². The molecule has 0 saturated carbocycles. The van der Waals surface area contributed by atoms with Crippen LogP contribution in [0.4, 0.5) is 0 Å². The SMILES string of the molecule is CCOC(=O)CCN(CCCO)C(=O)CCOc1ccccc1. The maximum Gasteiger partial charge on any atom is 0.307 e. The van der Waals surface area contributed by atoms with E-state index in [2.05, 4.69) is 0 Å². The summed E-state index contributed by atoms with van der Waals surface area (Å²) in [7, 11) is 0. The maximum atomic E-state index is 12.2. The number of aliphatic hydroxyl groups is 1. The molecule has 23 heavy (non-hydrogen) atoms. The Kier molecular flexibility index (Phi) is 9.47. The smallest absolute Gasteiger partial charge is 0.307 e. The first-order chi connectivity index (χ1) is 11.2. The minimum absolute atomic E-state index is 0.00367. The number of carbonyl (C=O) groups is 2. The van der Waals surface area contributed by atoms with Gasteiger partial charge in [0, 0.05) is 19.7 Å². The molecule has 0 atom stereocenters. The zero-order chi connectivity index (χ0) is 16.9. The number of ether oxygens (including phenoxy) is 2. The molecule has 0 bridgehead atoms. The van der Waals surface area contributed by atoms with Crippen LogP contribution in [0.2, 0.25) is 0 Å². The Balaban J connectivity index is 2.39. The highest BCUT2D eigenvalue weighted by atomic mass is 16.5. The van der Waals surface area contributed by atoms with Crippen LogP contribution in [0.15, 0.2) is 30.3 Å². The second-order valence-electron chi connectivity index (χ2n) is 4.92. The molecule has 1 rings (SSSR count). The van der Waals surface area contributed by atoms with Crippen molar-refractivity contribution in [1.29, 1.82) is 0 Å². The summed E-state index contributed by atoms with van der Waals surface area (Å²) in [6.45, 7) is 3.06. The third-order valence-electron chi connectivity index (χ3n) is 3.16. The molecule has 1 aromatic rings. The lowest BCUT2D eigenvalue weighted by Gasteiger charge is -2.22. The van der Waals surface area contributed by atoms with Crippen molar-refractivity contribution in [3.8, 4) is 5.75 Å². The standard InChI is InChI=1S/C17H25NO5/c1-2-22-17(21)9-12-18(11-6-13-19)16(20)10-14-23-15-7-4-3-5-8-15/h3-5,7-8,19H,2,6,9-14H2,1H3. The number of benzene rings is 1. The molecule has 0 saturated heterocycles. The van der Waals surface area contributed by atoms with Gasteiger partial charge in [-0.3, -0.25) is 9.59 Å². The molecule has 0 aliphatic carbocycles. The van der Waals surface area contributed by atoms with Crippen molar-refractivity contribution in [2.75, 3.05) is 32.9 Å². The van der Waals surface area contributed by atoms with Crippen molar-refractivity contribution >= 4 is 11.9 Å². The van der Waals surface area contributed by atoms with Crippen LogP contribution in [0.1, 0.15) is 26.2 Å². The molecule has 1 amide bonds. The fourth-order valence-electron chi connectivity index (χ4n) is 2.01. The zero-order valence-electron chi connectivity index (χ0n) is 13.6. The predicted molar refractivity (Wildman–Crippen MR) is 86.1 cm³/mol. The molecule has 0 radical (unpaired) electrons. The highest BCUT2D eigenvalue weighted by Gasteiger charge is 2.15. The van der Waals surface area contributed by atoms with Gasteiger partial charge in [-0.15, -0.1) is 0 Å². The van der Waals surface area contributed by atoms with Gasteiger partial charge < -0.3 is 19.5 Å². The van der Waals surface area contributed by atoms with Crippen molar-refractivity contribution in [1.82, 2.24) is 4.90 Å². The molecule has 0 aromatic heterocycles. The highest BCUT2D eigenvalue weighted by molar-refractivity contribution is 5.77. The summed E-state index contributed by atoms with van der Waals surface area (Å²) in [4.78, 5) is 25.2. The molecule has 0 spiro atoms. The van der Waals surface area contributed by atoms with Crippen LogP contribution in [0.25, 0.3) is 0 Å². The Morgan fingerprint density at radius 2 is 1.87 bits per heavy atom. The van der Waals surface area contributed by atoms with E-state index in [0.717, 1.165) is 0 Å². The zero-order valence-corrected chi connectivity index (χ0v) is 13.6. The normalized spacial score (nSPS) is 10.2. The van der Waals surface area contributed by atoms with Gasteiger partial charge in [-0.1, -0.05) is 18.2 Å². The number of nitrogens with zero attached hydrogens (tertiary/aromatic N) is 1. The Labute approximate surface area is 137 Å². The number of para-hydroxylation sites is 1. The summed E-state index contributed by atoms with van der Waals surface area (Å²) in [5.74, 6) is 0.294. The summed E-state index contributed by atoms with van der Waals surface area (Å²) in [6.07, 6.45) is 0.863. The molecule has 1 N–H and O–H groups in total. The van der Waals surface area contributed by atoms with Gasteiger partial charge in [-0.2, -0.15) is 0 Å². The van der Waals surface area contributed by atoms with Crippen LogP contribution >= 0.6 is 0 Å². The average Bonchev–Trinajstić information content (AvgIpc) is 2.56. The maximum absolute atomic E-state index is 12.2. The van der Waals surface area contributed by atoms with E-state index in [4.69, 9.17) is 14.6 Å². The van der Waals surface area contributed by atoms with Crippen molar-refractivity contribution in [3.05, 3.63) is 30.3 Å². The molecule has 6 heteroatoms. The van der Waals surface area contributed by atoms with Crippen molar-refractivity contribution in [2.24, 2.45) is 0 Å². The largest absolute Gasteiger partial charge is 0.493 e. The number of amides is 1. The molecule has 6 nitrogen and oxygen atoms in total. The molecule has 0 heterocycles. The Hall–Kier alpha value is -2.08. The van der Waals surface area contributed by atoms with E-state index < -0.39 is 0 Å². The van der Waals surface area contributed by atoms with Crippen LogP contribution in [-0.2, 0) is 14.3 Å². The van der Waals surface area contributed by atoms with E-state index in [1.165, 1.54) is 0 Å². The lowest BCUT2D eigenvalue weighted by Crippen LogP contribution is -2.35. The minimum atomic E-state index is -0.324. The summed E-state index contributed by atoms with van der Waals surface area (Å²) >= 11 is 0. The van der Waals surface area contributed by atoms with Gasteiger partial charge in [-0.05, 0) is 25.5 Å². The second-order valence-corrected chi connectivity index (χ2v) is 4.92. The molecule has 0 aliphatic heterocycles. The Bertz CT molecular complexity index is 463. The first-order valence-electron chi connectivity index (χ1n) is 7.89. The fraction of sp³-hybridized carbons (Fsp3) is 0.529. The van der Waals surface area contributed by atoms with Crippen LogP contribution in [0.3, 0.4) is 0 Å². The van der Waals surface area contributed by atoms with E-state index in [1.54, 1.807) is 11.8 Å². The molecule has 0 unspecified atom stereocenters. The van der Waals surface area contributed by atoms with Crippen molar-refractivity contribution in [2.45, 2.75) is 26.2 Å². The van der Waals surface area contributed by atoms with Gasteiger partial charge in [0.1, 0.15) is 5.75 Å². The average molecular weight is 323 g/mol. The predicted octanol–water partition coefficient (Wildman–Crippen LogP) is 1.62. The monoisotopic (exact) mass is 323 g/mol. The van der Waals surface area contributed by atoms with Crippen LogP contribution < -0.4 is 4.74 Å². The third-order valence-corrected chi connectivity index (χ3v) is 3.16. The number of aliphatic hydroxyl groups excluding tert-OH is 1. The quantitative estimate of drug-likeness (QED) is 0.626. The van der Waals surface area contributed by atoms with Crippen LogP contribution in [0.5, 0.6) is 5.75 Å². The molecule has 0 fully saturated rings. The molecule has 128 valence electrons. The third kappa shape index (κ3) is 8.21. The van der Waals surface area contributed by atoms with E-state index >= 15 is 0 Å². The van der Waals surface area contributed by atoms with E-state index in [9.17, 15) is 9.59 Å². The minimum Gasteiger partial charge on any atom is -0.493 e. The molecular formula is C17H25NO5. The first-order valence-corrected chi connectivity index (χ1v) is 7.89. The van der Waals surface area contributed by atoms with E-state index in [-0.39, 0.29) is 37.9 Å². The van der Waals surface area contributed by atoms with E-state index in [1.807, 2.05) is 30.3 Å². The summed E-state index contributed by atoms with van der Waals surface area (Å²) in [6, 6.07) is 9.28. The Morgan fingerprint density at radius 1 is 1.13 bits per heavy atom. The van der Waals surface area contributed by atoms with Gasteiger partial charge in [0.15, 0.2) is 0 Å². The van der Waals surface area contributed by atoms with Crippen LogP contribution in [-0.4, -0.2) is 54.8 Å².